The summed E-state index contributed by atoms with van der Waals surface area (Å²) in [6.45, 7) is 0. The summed E-state index contributed by atoms with van der Waals surface area (Å²) in [4.78, 5) is 21.7. The number of aromatic amines is 1. The zero-order valence-corrected chi connectivity index (χ0v) is 10.3. The quantitative estimate of drug-likeness (QED) is 0.574. The molecule has 3 rings (SSSR count). The normalized spacial score (nSPS) is 10.8. The van der Waals surface area contributed by atoms with E-state index in [2.05, 4.69) is 15.0 Å². The van der Waals surface area contributed by atoms with Gasteiger partial charge in [0.05, 0.1) is 21.0 Å². The Morgan fingerprint density at radius 1 is 1.26 bits per heavy atom. The summed E-state index contributed by atoms with van der Waals surface area (Å²) in [5, 5.41) is 11.2. The number of rotatable bonds is 2. The summed E-state index contributed by atoms with van der Waals surface area (Å²) in [5.74, 6) is 0.548. The Bertz CT molecular complexity index is 767. The van der Waals surface area contributed by atoms with Crippen LogP contribution < -0.4 is 0 Å². The minimum atomic E-state index is -0.450. The van der Waals surface area contributed by atoms with E-state index in [1.54, 1.807) is 18.2 Å². The second-order valence-corrected chi connectivity index (χ2v) is 4.34. The molecule has 94 valence electrons. The first-order valence-corrected chi connectivity index (χ1v) is 5.77. The predicted molar refractivity (Wildman–Crippen MR) is 71.0 cm³/mol. The first-order valence-electron chi connectivity index (χ1n) is 5.39. The van der Waals surface area contributed by atoms with E-state index in [9.17, 15) is 10.1 Å². The molecule has 1 aromatic carbocycles. The molecule has 0 radical (unpaired) electrons. The van der Waals surface area contributed by atoms with Crippen LogP contribution in [0.5, 0.6) is 0 Å². The summed E-state index contributed by atoms with van der Waals surface area (Å²) < 4.78 is 0. The molecule has 6 nitrogen and oxygen atoms in total. The molecule has 0 aliphatic rings. The number of pyridine rings is 1. The molecule has 0 fully saturated rings. The number of nitrogens with one attached hydrogen (secondary N) is 1. The molecule has 0 saturated carbocycles. The molecule has 0 bridgehead atoms. The fourth-order valence-electron chi connectivity index (χ4n) is 1.74. The molecule has 7 heteroatoms. The van der Waals surface area contributed by atoms with Gasteiger partial charge in [-0.2, -0.15) is 0 Å². The van der Waals surface area contributed by atoms with E-state index in [-0.39, 0.29) is 5.69 Å². The van der Waals surface area contributed by atoms with E-state index in [4.69, 9.17) is 11.6 Å². The second kappa shape index (κ2) is 4.33. The Kier molecular flexibility index (Phi) is 2.64. The lowest BCUT2D eigenvalue weighted by Gasteiger charge is -1.94. The second-order valence-electron chi connectivity index (χ2n) is 3.91. The smallest absolute Gasteiger partial charge is 0.271 e. The van der Waals surface area contributed by atoms with Crippen LogP contribution in [0.25, 0.3) is 22.6 Å². The molecular formula is C12H7ClN4O2. The van der Waals surface area contributed by atoms with Crippen molar-refractivity contribution < 1.29 is 4.92 Å². The number of non-ortho nitro benzene ring substituents is 1. The van der Waals surface area contributed by atoms with Gasteiger partial charge in [0.1, 0.15) is 5.69 Å². The maximum absolute atomic E-state index is 10.7. The average Bonchev–Trinajstić information content (AvgIpc) is 2.82. The lowest BCUT2D eigenvalue weighted by atomic mass is 10.3. The van der Waals surface area contributed by atoms with E-state index in [1.165, 1.54) is 18.3 Å². The number of hydrogen-bond acceptors (Lipinski definition) is 4. The minimum absolute atomic E-state index is 0.00890. The van der Waals surface area contributed by atoms with Gasteiger partial charge in [0.2, 0.25) is 0 Å². The summed E-state index contributed by atoms with van der Waals surface area (Å²) in [6.07, 6.45) is 1.52. The van der Waals surface area contributed by atoms with Crippen LogP contribution in [0, 0.1) is 10.1 Å². The van der Waals surface area contributed by atoms with Gasteiger partial charge in [-0.3, -0.25) is 15.1 Å². The van der Waals surface area contributed by atoms with Gasteiger partial charge in [0.15, 0.2) is 5.82 Å². The Morgan fingerprint density at radius 3 is 2.79 bits per heavy atom. The van der Waals surface area contributed by atoms with Gasteiger partial charge in [0, 0.05) is 18.3 Å². The zero-order chi connectivity index (χ0) is 13.4. The molecule has 0 spiro atoms. The van der Waals surface area contributed by atoms with Gasteiger partial charge in [0.25, 0.3) is 5.69 Å². The summed E-state index contributed by atoms with van der Waals surface area (Å²) in [7, 11) is 0. The van der Waals surface area contributed by atoms with E-state index in [1.807, 2.05) is 0 Å². The molecule has 3 aromatic rings. The molecule has 0 atom stereocenters. The Hall–Kier alpha value is -2.47. The topological polar surface area (TPSA) is 84.7 Å². The van der Waals surface area contributed by atoms with Crippen molar-refractivity contribution in [1.82, 2.24) is 15.0 Å². The third-order valence-corrected chi connectivity index (χ3v) is 2.87. The maximum atomic E-state index is 10.7. The van der Waals surface area contributed by atoms with E-state index < -0.39 is 4.92 Å². The molecule has 0 aliphatic heterocycles. The van der Waals surface area contributed by atoms with Gasteiger partial charge in [-0.15, -0.1) is 0 Å². The molecule has 0 aliphatic carbocycles. The van der Waals surface area contributed by atoms with Crippen molar-refractivity contribution in [3.63, 3.8) is 0 Å². The molecule has 0 unspecified atom stereocenters. The lowest BCUT2D eigenvalue weighted by molar-refractivity contribution is -0.384. The van der Waals surface area contributed by atoms with Gasteiger partial charge in [-0.05, 0) is 18.2 Å². The van der Waals surface area contributed by atoms with Crippen molar-refractivity contribution in [2.45, 2.75) is 0 Å². The number of nitro benzene ring substituents is 1. The van der Waals surface area contributed by atoms with Crippen LogP contribution >= 0.6 is 11.6 Å². The van der Waals surface area contributed by atoms with Crippen LogP contribution in [0.1, 0.15) is 0 Å². The third kappa shape index (κ3) is 2.13. The largest absolute Gasteiger partial charge is 0.337 e. The molecule has 0 saturated heterocycles. The Balaban J connectivity index is 2.11. The van der Waals surface area contributed by atoms with E-state index >= 15 is 0 Å². The van der Waals surface area contributed by atoms with Gasteiger partial charge < -0.3 is 4.98 Å². The van der Waals surface area contributed by atoms with Crippen LogP contribution in [-0.4, -0.2) is 19.9 Å². The maximum Gasteiger partial charge on any atom is 0.271 e. The average molecular weight is 275 g/mol. The highest BCUT2D eigenvalue weighted by Crippen LogP contribution is 2.23. The predicted octanol–water partition coefficient (Wildman–Crippen LogP) is 3.19. The Morgan fingerprint density at radius 2 is 2.11 bits per heavy atom. The van der Waals surface area contributed by atoms with Crippen LogP contribution in [0.3, 0.4) is 0 Å². The van der Waals surface area contributed by atoms with Crippen molar-refractivity contribution >= 4 is 28.3 Å². The first kappa shape index (κ1) is 11.6. The van der Waals surface area contributed by atoms with Crippen molar-refractivity contribution in [3.8, 4) is 11.5 Å². The minimum Gasteiger partial charge on any atom is -0.337 e. The van der Waals surface area contributed by atoms with Gasteiger partial charge in [-0.25, -0.2) is 4.98 Å². The molecule has 19 heavy (non-hydrogen) atoms. The number of benzene rings is 1. The van der Waals surface area contributed by atoms with Crippen molar-refractivity contribution in [2.75, 3.05) is 0 Å². The fourth-order valence-corrected chi connectivity index (χ4v) is 1.86. The SMILES string of the molecule is O=[N+]([O-])c1ccc2[nH]c(-c3ccc(Cl)cn3)nc2c1. The van der Waals surface area contributed by atoms with Crippen LogP contribution in [-0.2, 0) is 0 Å². The summed E-state index contributed by atoms with van der Waals surface area (Å²) in [6, 6.07) is 7.92. The van der Waals surface area contributed by atoms with Crippen molar-refractivity contribution in [3.05, 3.63) is 51.7 Å². The number of fused-ring (bicyclic) bond motifs is 1. The number of hydrogen-bond donors (Lipinski definition) is 1. The number of nitrogens with zero attached hydrogens (tertiary/aromatic N) is 3. The van der Waals surface area contributed by atoms with Crippen molar-refractivity contribution in [2.24, 2.45) is 0 Å². The molecular weight excluding hydrogens is 268 g/mol. The Labute approximate surface area is 112 Å². The standard InChI is InChI=1S/C12H7ClN4O2/c13-7-1-3-10(14-6-7)12-15-9-4-2-8(17(18)19)5-11(9)16-12/h1-6H,(H,15,16). The van der Waals surface area contributed by atoms with Crippen molar-refractivity contribution in [1.29, 1.82) is 0 Å². The number of aromatic nitrogens is 3. The van der Waals surface area contributed by atoms with Crippen LogP contribution in [0.15, 0.2) is 36.5 Å². The van der Waals surface area contributed by atoms with E-state index in [0.29, 0.717) is 22.1 Å². The summed E-state index contributed by atoms with van der Waals surface area (Å²) in [5.41, 5.74) is 1.89. The fraction of sp³-hybridized carbons (Fsp3) is 0. The molecule has 2 heterocycles. The molecule has 1 N–H and O–H groups in total. The third-order valence-electron chi connectivity index (χ3n) is 2.65. The monoisotopic (exact) mass is 274 g/mol. The van der Waals surface area contributed by atoms with E-state index in [0.717, 1.165) is 5.52 Å². The number of nitro groups is 1. The lowest BCUT2D eigenvalue weighted by Crippen LogP contribution is -1.86. The van der Waals surface area contributed by atoms with Gasteiger partial charge >= 0.3 is 0 Å². The first-order chi connectivity index (χ1) is 9.13. The number of imidazole rings is 1. The highest BCUT2D eigenvalue weighted by atomic mass is 35.5. The molecule has 2 aromatic heterocycles. The number of H-pyrrole nitrogens is 1. The summed E-state index contributed by atoms with van der Waals surface area (Å²) >= 11 is 5.77. The number of halogens is 1. The zero-order valence-electron chi connectivity index (χ0n) is 9.50. The highest BCUT2D eigenvalue weighted by molar-refractivity contribution is 6.30. The van der Waals surface area contributed by atoms with Crippen LogP contribution in [0.4, 0.5) is 5.69 Å². The highest BCUT2D eigenvalue weighted by Gasteiger charge is 2.11. The van der Waals surface area contributed by atoms with Gasteiger partial charge in [-0.1, -0.05) is 11.6 Å². The molecule has 0 amide bonds. The van der Waals surface area contributed by atoms with Crippen LogP contribution in [0.2, 0.25) is 5.02 Å².